The minimum Gasteiger partial charge on any atom is -0.462 e. The Balaban J connectivity index is 1.88. The summed E-state index contributed by atoms with van der Waals surface area (Å²) in [6, 6.07) is 0. The minimum atomic E-state index is -0.365. The Hall–Kier alpha value is -1.45. The van der Waals surface area contributed by atoms with Gasteiger partial charge in [0.1, 0.15) is 11.8 Å². The van der Waals surface area contributed by atoms with Gasteiger partial charge in [-0.3, -0.25) is 0 Å². The summed E-state index contributed by atoms with van der Waals surface area (Å²) in [7, 11) is 0. The molecule has 0 bridgehead atoms. The first-order valence-electron chi connectivity index (χ1n) is 4.29. The van der Waals surface area contributed by atoms with Gasteiger partial charge >= 0.3 is 11.9 Å². The number of rotatable bonds is 4. The topological polar surface area (TPSA) is 52.0 Å². The van der Waals surface area contributed by atoms with E-state index in [2.05, 4.69) is 0 Å². The van der Waals surface area contributed by atoms with Crippen molar-refractivity contribution in [2.45, 2.75) is 19.8 Å². The molecule has 0 fully saturated rings. The van der Waals surface area contributed by atoms with Gasteiger partial charge < -0.3 is 13.9 Å². The number of carbonyl (C=O) groups excluding carboxylic acids is 1. The van der Waals surface area contributed by atoms with Crippen molar-refractivity contribution in [3.63, 3.8) is 0 Å². The lowest BCUT2D eigenvalue weighted by Crippen LogP contribution is -2.04. The van der Waals surface area contributed by atoms with E-state index in [1.165, 1.54) is 6.26 Å². The van der Waals surface area contributed by atoms with Gasteiger partial charge in [-0.05, 0) is 6.42 Å². The van der Waals surface area contributed by atoms with Crippen LogP contribution in [0.4, 0.5) is 0 Å². The Morgan fingerprint density at radius 1 is 1.62 bits per heavy atom. The standard InChI is InChI=1S/C9H10O4/c1-2-3-4-11-8(10)6-5-12-9-7(6)13-9/h5H,2-4H2,1H3. The number of furan rings is 1. The van der Waals surface area contributed by atoms with Crippen LogP contribution in [0.2, 0.25) is 0 Å². The van der Waals surface area contributed by atoms with Gasteiger partial charge in [-0.25, -0.2) is 4.79 Å². The van der Waals surface area contributed by atoms with E-state index in [0.29, 0.717) is 23.9 Å². The predicted molar refractivity (Wildman–Crippen MR) is 44.0 cm³/mol. The average Bonchev–Trinajstić information content (AvgIpc) is 2.78. The molecule has 2 rings (SSSR count). The highest BCUT2D eigenvalue weighted by Crippen LogP contribution is 2.49. The quantitative estimate of drug-likeness (QED) is 0.413. The van der Waals surface area contributed by atoms with E-state index in [9.17, 15) is 4.79 Å². The van der Waals surface area contributed by atoms with Crippen LogP contribution in [-0.4, -0.2) is 12.6 Å². The maximum atomic E-state index is 11.3. The van der Waals surface area contributed by atoms with E-state index in [1.807, 2.05) is 6.92 Å². The normalized spacial score (nSPS) is 11.8. The first-order valence-corrected chi connectivity index (χ1v) is 4.29. The predicted octanol–water partition coefficient (Wildman–Crippen LogP) is 2.34. The number of fused-ring (bicyclic) bond motifs is 1. The van der Waals surface area contributed by atoms with Crippen LogP contribution < -0.4 is 4.74 Å². The molecule has 0 atom stereocenters. The van der Waals surface area contributed by atoms with E-state index in [0.717, 1.165) is 12.8 Å². The molecular formula is C9H10O4. The maximum absolute atomic E-state index is 11.3. The first kappa shape index (κ1) is 8.16. The van der Waals surface area contributed by atoms with Crippen LogP contribution in [0.25, 0.3) is 0 Å². The molecule has 4 heteroatoms. The van der Waals surface area contributed by atoms with Gasteiger partial charge in [0.05, 0.1) is 6.61 Å². The van der Waals surface area contributed by atoms with Crippen molar-refractivity contribution in [2.24, 2.45) is 0 Å². The van der Waals surface area contributed by atoms with Gasteiger partial charge in [-0.15, -0.1) is 0 Å². The third-order valence-corrected chi connectivity index (χ3v) is 1.82. The Labute approximate surface area is 75.4 Å². The molecule has 0 saturated carbocycles. The van der Waals surface area contributed by atoms with E-state index in [-0.39, 0.29) is 5.97 Å². The van der Waals surface area contributed by atoms with Gasteiger partial charge in [0, 0.05) is 0 Å². The first-order chi connectivity index (χ1) is 6.33. The summed E-state index contributed by atoms with van der Waals surface area (Å²) < 4.78 is 14.7. The summed E-state index contributed by atoms with van der Waals surface area (Å²) in [5, 5.41) is 0. The maximum Gasteiger partial charge on any atom is 0.345 e. The van der Waals surface area contributed by atoms with Crippen LogP contribution >= 0.6 is 0 Å². The Morgan fingerprint density at radius 3 is 3.00 bits per heavy atom. The van der Waals surface area contributed by atoms with Crippen molar-refractivity contribution in [1.29, 1.82) is 0 Å². The van der Waals surface area contributed by atoms with E-state index in [4.69, 9.17) is 13.9 Å². The number of carbonyl (C=O) groups is 1. The zero-order chi connectivity index (χ0) is 9.26. The van der Waals surface area contributed by atoms with Gasteiger partial charge in [-0.2, -0.15) is 0 Å². The highest BCUT2D eigenvalue weighted by Gasteiger charge is 2.34. The number of hydrogen-bond acceptors (Lipinski definition) is 4. The molecule has 70 valence electrons. The molecule has 0 amide bonds. The number of hydrogen-bond donors (Lipinski definition) is 0. The summed E-state index contributed by atoms with van der Waals surface area (Å²) in [5.41, 5.74) is 0.395. The minimum absolute atomic E-state index is 0.365. The van der Waals surface area contributed by atoms with Gasteiger partial charge in [0.25, 0.3) is 0 Å². The van der Waals surface area contributed by atoms with Crippen molar-refractivity contribution >= 4 is 5.97 Å². The molecule has 0 aromatic carbocycles. The summed E-state index contributed by atoms with van der Waals surface area (Å²) in [4.78, 5) is 11.3. The molecule has 13 heavy (non-hydrogen) atoms. The molecule has 0 spiro atoms. The molecular weight excluding hydrogens is 172 g/mol. The lowest BCUT2D eigenvalue weighted by atomic mass is 10.3. The van der Waals surface area contributed by atoms with Crippen molar-refractivity contribution < 1.29 is 18.7 Å². The van der Waals surface area contributed by atoms with Gasteiger partial charge in [-0.1, -0.05) is 13.3 Å². The van der Waals surface area contributed by atoms with Crippen molar-refractivity contribution in [3.8, 4) is 11.7 Å². The molecule has 1 aliphatic rings. The van der Waals surface area contributed by atoms with E-state index in [1.54, 1.807) is 0 Å². The van der Waals surface area contributed by atoms with E-state index >= 15 is 0 Å². The number of esters is 1. The summed E-state index contributed by atoms with van der Waals surface area (Å²) in [6.45, 7) is 2.49. The van der Waals surface area contributed by atoms with Gasteiger partial charge in [0.2, 0.25) is 5.75 Å². The zero-order valence-corrected chi connectivity index (χ0v) is 7.33. The van der Waals surface area contributed by atoms with Crippen LogP contribution in [0.15, 0.2) is 10.7 Å². The largest absolute Gasteiger partial charge is 0.462 e. The lowest BCUT2D eigenvalue weighted by Gasteiger charge is -2.00. The van der Waals surface area contributed by atoms with Crippen molar-refractivity contribution in [1.82, 2.24) is 0 Å². The molecule has 4 nitrogen and oxygen atoms in total. The van der Waals surface area contributed by atoms with Crippen molar-refractivity contribution in [3.05, 3.63) is 11.8 Å². The molecule has 0 saturated heterocycles. The fourth-order valence-electron chi connectivity index (χ4n) is 1.00. The van der Waals surface area contributed by atoms with Crippen LogP contribution in [0.5, 0.6) is 11.7 Å². The third-order valence-electron chi connectivity index (χ3n) is 1.82. The molecule has 1 aromatic rings. The molecule has 0 unspecified atom stereocenters. The Kier molecular flexibility index (Phi) is 1.96. The van der Waals surface area contributed by atoms with Gasteiger partial charge in [0.15, 0.2) is 0 Å². The molecule has 0 N–H and O–H groups in total. The van der Waals surface area contributed by atoms with Crippen LogP contribution in [0.3, 0.4) is 0 Å². The molecule has 0 radical (unpaired) electrons. The van der Waals surface area contributed by atoms with Crippen LogP contribution in [0.1, 0.15) is 30.1 Å². The summed E-state index contributed by atoms with van der Waals surface area (Å²) >= 11 is 0. The molecule has 1 aliphatic heterocycles. The van der Waals surface area contributed by atoms with E-state index < -0.39 is 0 Å². The summed E-state index contributed by atoms with van der Waals surface area (Å²) in [5.74, 6) is 0.597. The summed E-state index contributed by atoms with van der Waals surface area (Å²) in [6.07, 6.45) is 3.25. The highest BCUT2D eigenvalue weighted by molar-refractivity contribution is 5.94. The van der Waals surface area contributed by atoms with Crippen molar-refractivity contribution in [2.75, 3.05) is 6.61 Å². The average molecular weight is 182 g/mol. The second kappa shape index (κ2) is 3.12. The third kappa shape index (κ3) is 1.52. The second-order valence-electron chi connectivity index (χ2n) is 2.86. The molecule has 0 aliphatic carbocycles. The fourth-order valence-corrected chi connectivity index (χ4v) is 1.00. The smallest absolute Gasteiger partial charge is 0.345 e. The van der Waals surface area contributed by atoms with Crippen LogP contribution in [-0.2, 0) is 4.74 Å². The Bertz CT molecular complexity index is 326. The van der Waals surface area contributed by atoms with Crippen LogP contribution in [0, 0.1) is 0 Å². The second-order valence-corrected chi connectivity index (χ2v) is 2.86. The molecule has 1 aromatic heterocycles. The molecule has 2 heterocycles. The lowest BCUT2D eigenvalue weighted by molar-refractivity contribution is 0.0497. The highest BCUT2D eigenvalue weighted by atomic mass is 16.7. The number of unbranched alkanes of at least 4 members (excludes halogenated alkanes) is 1. The number of ether oxygens (including phenoxy) is 2. The Morgan fingerprint density at radius 2 is 2.46 bits per heavy atom. The fraction of sp³-hybridized carbons (Fsp3) is 0.444. The SMILES string of the molecule is CCCCOC(=O)c1coc2c1O2. The monoisotopic (exact) mass is 182 g/mol. The zero-order valence-electron chi connectivity index (χ0n) is 7.33.